The monoisotopic (exact) mass is 412 g/mol. The van der Waals surface area contributed by atoms with E-state index < -0.39 is 16.1 Å². The average Bonchev–Trinajstić information content (AvgIpc) is 3.09. The number of benzene rings is 1. The van der Waals surface area contributed by atoms with Crippen LogP contribution in [0.15, 0.2) is 35.3 Å². The van der Waals surface area contributed by atoms with E-state index in [1.807, 2.05) is 37.3 Å². The first-order valence-electron chi connectivity index (χ1n) is 9.11. The fourth-order valence-corrected chi connectivity index (χ4v) is 4.10. The molecule has 0 spiro atoms. The zero-order chi connectivity index (χ0) is 19.7. The molecular formula is C18H28N4O3S2. The molecule has 0 aliphatic carbocycles. The van der Waals surface area contributed by atoms with Crippen LogP contribution in [-0.2, 0) is 10.0 Å². The summed E-state index contributed by atoms with van der Waals surface area (Å²) in [7, 11) is -3.15. The molecule has 2 aromatic rings. The average molecular weight is 413 g/mol. The number of hydrogen-bond acceptors (Lipinski definition) is 5. The summed E-state index contributed by atoms with van der Waals surface area (Å²) in [5, 5.41) is 17.8. The fraction of sp³-hybridized carbons (Fsp3) is 0.500. The summed E-state index contributed by atoms with van der Waals surface area (Å²) < 4.78 is 26.4. The topological polar surface area (TPSA) is 103 Å². The summed E-state index contributed by atoms with van der Waals surface area (Å²) in [6.07, 6.45) is -0.0167. The van der Waals surface area contributed by atoms with Crippen LogP contribution in [-0.4, -0.2) is 51.4 Å². The molecule has 1 aromatic heterocycles. The highest BCUT2D eigenvalue weighted by molar-refractivity contribution is 7.89. The molecule has 0 fully saturated rings. The first-order chi connectivity index (χ1) is 12.9. The van der Waals surface area contributed by atoms with Crippen molar-refractivity contribution in [3.63, 3.8) is 0 Å². The van der Waals surface area contributed by atoms with Crippen molar-refractivity contribution in [3.05, 3.63) is 35.2 Å². The Morgan fingerprint density at radius 1 is 1.22 bits per heavy atom. The summed E-state index contributed by atoms with van der Waals surface area (Å²) in [6, 6.07) is 10.0. The van der Waals surface area contributed by atoms with Gasteiger partial charge in [-0.05, 0) is 37.8 Å². The Morgan fingerprint density at radius 3 is 2.70 bits per heavy atom. The van der Waals surface area contributed by atoms with Crippen LogP contribution in [0.5, 0.6) is 0 Å². The van der Waals surface area contributed by atoms with E-state index in [4.69, 9.17) is 0 Å². The smallest absolute Gasteiger partial charge is 0.211 e. The van der Waals surface area contributed by atoms with Gasteiger partial charge in [0.1, 0.15) is 6.10 Å². The zero-order valence-corrected chi connectivity index (χ0v) is 17.4. The van der Waals surface area contributed by atoms with Crippen LogP contribution < -0.4 is 15.4 Å². The molecule has 7 nitrogen and oxygen atoms in total. The highest BCUT2D eigenvalue weighted by Crippen LogP contribution is 2.29. The molecule has 0 saturated carbocycles. The van der Waals surface area contributed by atoms with Crippen molar-refractivity contribution < 1.29 is 13.5 Å². The SMILES string of the molecule is CCNC(=NCC(O)c1cc2ccccc2s1)NCCCNS(=O)(=O)CC. The van der Waals surface area contributed by atoms with Crippen LogP contribution in [0.3, 0.4) is 0 Å². The Hall–Kier alpha value is -1.68. The second kappa shape index (κ2) is 10.6. The van der Waals surface area contributed by atoms with Gasteiger partial charge in [0.05, 0.1) is 12.3 Å². The number of nitrogens with zero attached hydrogens (tertiary/aromatic N) is 1. The van der Waals surface area contributed by atoms with E-state index in [0.717, 1.165) is 15.0 Å². The van der Waals surface area contributed by atoms with Crippen LogP contribution in [0, 0.1) is 0 Å². The Labute approximate surface area is 165 Å². The number of guanidine groups is 1. The number of hydrogen-bond donors (Lipinski definition) is 4. The van der Waals surface area contributed by atoms with Crippen molar-refractivity contribution in [1.29, 1.82) is 0 Å². The third-order valence-electron chi connectivity index (χ3n) is 3.89. The number of aliphatic hydroxyl groups is 1. The standard InChI is InChI=1S/C18H28N4O3S2/c1-3-19-18(20-10-7-11-22-27(24,25)4-2)21-13-15(23)17-12-14-8-5-6-9-16(14)26-17/h5-6,8-9,12,15,22-23H,3-4,7,10-11,13H2,1-2H3,(H2,19,20,21). The van der Waals surface area contributed by atoms with Gasteiger partial charge in [-0.25, -0.2) is 13.1 Å². The van der Waals surface area contributed by atoms with E-state index in [1.165, 1.54) is 0 Å². The van der Waals surface area contributed by atoms with Crippen molar-refractivity contribution in [2.45, 2.75) is 26.4 Å². The van der Waals surface area contributed by atoms with Crippen molar-refractivity contribution >= 4 is 37.4 Å². The highest BCUT2D eigenvalue weighted by atomic mass is 32.2. The Morgan fingerprint density at radius 2 is 2.00 bits per heavy atom. The van der Waals surface area contributed by atoms with Crippen molar-refractivity contribution in [2.24, 2.45) is 4.99 Å². The summed E-state index contributed by atoms with van der Waals surface area (Å²) in [5.74, 6) is 0.691. The summed E-state index contributed by atoms with van der Waals surface area (Å²) in [4.78, 5) is 5.33. The van der Waals surface area contributed by atoms with Crippen LogP contribution in [0.1, 0.15) is 31.2 Å². The molecule has 150 valence electrons. The van der Waals surface area contributed by atoms with Crippen LogP contribution in [0.25, 0.3) is 10.1 Å². The van der Waals surface area contributed by atoms with Gasteiger partial charge in [0, 0.05) is 29.2 Å². The first-order valence-corrected chi connectivity index (χ1v) is 11.6. The molecule has 0 radical (unpaired) electrons. The zero-order valence-electron chi connectivity index (χ0n) is 15.7. The number of fused-ring (bicyclic) bond motifs is 1. The van der Waals surface area contributed by atoms with Gasteiger partial charge in [0.2, 0.25) is 10.0 Å². The highest BCUT2D eigenvalue weighted by Gasteiger charge is 2.11. The molecule has 27 heavy (non-hydrogen) atoms. The van der Waals surface area contributed by atoms with E-state index in [9.17, 15) is 13.5 Å². The van der Waals surface area contributed by atoms with Crippen molar-refractivity contribution in [2.75, 3.05) is 31.9 Å². The van der Waals surface area contributed by atoms with E-state index in [1.54, 1.807) is 18.3 Å². The van der Waals surface area contributed by atoms with Gasteiger partial charge in [0.15, 0.2) is 5.96 Å². The molecule has 1 aromatic carbocycles. The minimum Gasteiger partial charge on any atom is -0.386 e. The normalized spacial score (nSPS) is 13.7. The summed E-state index contributed by atoms with van der Waals surface area (Å²) in [5.41, 5.74) is 0. The lowest BCUT2D eigenvalue weighted by molar-refractivity contribution is 0.191. The van der Waals surface area contributed by atoms with Gasteiger partial charge in [-0.3, -0.25) is 4.99 Å². The second-order valence-corrected chi connectivity index (χ2v) is 9.21. The number of aliphatic hydroxyl groups excluding tert-OH is 1. The number of aliphatic imine (C=N–C) groups is 1. The minimum atomic E-state index is -3.15. The maximum Gasteiger partial charge on any atom is 0.211 e. The third-order valence-corrected chi connectivity index (χ3v) is 6.51. The van der Waals surface area contributed by atoms with Crippen LogP contribution in [0.2, 0.25) is 0 Å². The predicted molar refractivity (Wildman–Crippen MR) is 113 cm³/mol. The molecule has 0 aliphatic heterocycles. The number of sulfonamides is 1. The summed E-state index contributed by atoms with van der Waals surface area (Å²) in [6.45, 7) is 5.50. The van der Waals surface area contributed by atoms with Crippen LogP contribution in [0.4, 0.5) is 0 Å². The predicted octanol–water partition coefficient (Wildman–Crippen LogP) is 1.82. The molecule has 1 unspecified atom stereocenters. The van der Waals surface area contributed by atoms with Gasteiger partial charge in [-0.15, -0.1) is 11.3 Å². The molecule has 0 aliphatic rings. The minimum absolute atomic E-state index is 0.0835. The Balaban J connectivity index is 1.84. The van der Waals surface area contributed by atoms with E-state index in [0.29, 0.717) is 32.0 Å². The molecule has 0 amide bonds. The number of thiophene rings is 1. The fourth-order valence-electron chi connectivity index (χ4n) is 2.40. The van der Waals surface area contributed by atoms with E-state index in [2.05, 4.69) is 20.3 Å². The lowest BCUT2D eigenvalue weighted by atomic mass is 10.2. The molecule has 9 heteroatoms. The molecular weight excluding hydrogens is 384 g/mol. The quantitative estimate of drug-likeness (QED) is 0.271. The van der Waals surface area contributed by atoms with E-state index in [-0.39, 0.29) is 12.3 Å². The van der Waals surface area contributed by atoms with E-state index >= 15 is 0 Å². The first kappa shape index (κ1) is 21.6. The largest absolute Gasteiger partial charge is 0.386 e. The number of nitrogens with one attached hydrogen (secondary N) is 3. The number of rotatable bonds is 10. The third kappa shape index (κ3) is 7.10. The van der Waals surface area contributed by atoms with Crippen LogP contribution >= 0.6 is 11.3 Å². The van der Waals surface area contributed by atoms with Gasteiger partial charge >= 0.3 is 0 Å². The van der Waals surface area contributed by atoms with Crippen molar-refractivity contribution in [1.82, 2.24) is 15.4 Å². The molecule has 1 atom stereocenters. The van der Waals surface area contributed by atoms with Gasteiger partial charge < -0.3 is 15.7 Å². The molecule has 1 heterocycles. The molecule has 0 bridgehead atoms. The lowest BCUT2D eigenvalue weighted by Crippen LogP contribution is -2.39. The lowest BCUT2D eigenvalue weighted by Gasteiger charge is -2.12. The molecule has 4 N–H and O–H groups in total. The van der Waals surface area contributed by atoms with Gasteiger partial charge in [0.25, 0.3) is 0 Å². The maximum atomic E-state index is 11.4. The van der Waals surface area contributed by atoms with Crippen molar-refractivity contribution in [3.8, 4) is 0 Å². The molecule has 0 saturated heterocycles. The van der Waals surface area contributed by atoms with Gasteiger partial charge in [-0.2, -0.15) is 0 Å². The Bertz CT molecular complexity index is 816. The summed E-state index contributed by atoms with van der Waals surface area (Å²) >= 11 is 1.57. The van der Waals surface area contributed by atoms with Gasteiger partial charge in [-0.1, -0.05) is 18.2 Å². The maximum absolute atomic E-state index is 11.4. The Kier molecular flexibility index (Phi) is 8.49. The molecule has 2 rings (SSSR count). The second-order valence-electron chi connectivity index (χ2n) is 6.00.